The van der Waals surface area contributed by atoms with E-state index in [4.69, 9.17) is 11.6 Å². The van der Waals surface area contributed by atoms with E-state index in [2.05, 4.69) is 10.6 Å². The summed E-state index contributed by atoms with van der Waals surface area (Å²) in [5.74, 6) is -0.0687. The van der Waals surface area contributed by atoms with Gasteiger partial charge in [0.2, 0.25) is 11.8 Å². The van der Waals surface area contributed by atoms with E-state index in [1.165, 1.54) is 12.5 Å². The summed E-state index contributed by atoms with van der Waals surface area (Å²) in [7, 11) is 0. The molecule has 1 fully saturated rings. The predicted molar refractivity (Wildman–Crippen MR) is 111 cm³/mol. The van der Waals surface area contributed by atoms with Gasteiger partial charge in [0.25, 0.3) is 0 Å². The SMILES string of the molecule is O=C(/C=C/c1ccc(Cl)cc1)Nc1cccc(NC(=O)C2CCCCC2)c1. The van der Waals surface area contributed by atoms with Crippen molar-refractivity contribution >= 4 is 40.9 Å². The summed E-state index contributed by atoms with van der Waals surface area (Å²) in [6, 6.07) is 14.4. The molecule has 4 nitrogen and oxygen atoms in total. The van der Waals surface area contributed by atoms with Crippen molar-refractivity contribution in [2.75, 3.05) is 10.6 Å². The van der Waals surface area contributed by atoms with Gasteiger partial charge in [-0.05, 0) is 54.8 Å². The van der Waals surface area contributed by atoms with Crippen molar-refractivity contribution in [2.24, 2.45) is 5.92 Å². The lowest BCUT2D eigenvalue weighted by molar-refractivity contribution is -0.120. The fraction of sp³-hybridized carbons (Fsp3) is 0.273. The number of hydrogen-bond donors (Lipinski definition) is 2. The zero-order chi connectivity index (χ0) is 19.1. The number of carbonyl (C=O) groups is 2. The van der Waals surface area contributed by atoms with Crippen LogP contribution in [0.5, 0.6) is 0 Å². The monoisotopic (exact) mass is 382 g/mol. The van der Waals surface area contributed by atoms with Crippen LogP contribution in [0.4, 0.5) is 11.4 Å². The maximum absolute atomic E-state index is 12.4. The third-order valence-electron chi connectivity index (χ3n) is 4.67. The molecule has 0 aliphatic heterocycles. The Balaban J connectivity index is 1.57. The van der Waals surface area contributed by atoms with Gasteiger partial charge in [0, 0.05) is 28.4 Å². The second-order valence-corrected chi connectivity index (χ2v) is 7.22. The maximum Gasteiger partial charge on any atom is 0.248 e. The summed E-state index contributed by atoms with van der Waals surface area (Å²) >= 11 is 5.85. The quantitative estimate of drug-likeness (QED) is 0.670. The van der Waals surface area contributed by atoms with E-state index in [0.29, 0.717) is 16.4 Å². The molecule has 0 unspecified atom stereocenters. The Morgan fingerprint density at radius 3 is 2.30 bits per heavy atom. The largest absolute Gasteiger partial charge is 0.326 e. The van der Waals surface area contributed by atoms with Crippen molar-refractivity contribution in [2.45, 2.75) is 32.1 Å². The van der Waals surface area contributed by atoms with Crippen molar-refractivity contribution < 1.29 is 9.59 Å². The smallest absolute Gasteiger partial charge is 0.248 e. The van der Waals surface area contributed by atoms with Gasteiger partial charge in [-0.3, -0.25) is 9.59 Å². The Labute approximate surface area is 164 Å². The van der Waals surface area contributed by atoms with Crippen LogP contribution in [0.25, 0.3) is 6.08 Å². The Hall–Kier alpha value is -2.59. The maximum atomic E-state index is 12.4. The van der Waals surface area contributed by atoms with E-state index in [9.17, 15) is 9.59 Å². The van der Waals surface area contributed by atoms with Gasteiger partial charge in [-0.15, -0.1) is 0 Å². The lowest BCUT2D eigenvalue weighted by atomic mass is 9.88. The molecule has 3 rings (SSSR count). The molecule has 0 radical (unpaired) electrons. The predicted octanol–water partition coefficient (Wildman–Crippen LogP) is 5.51. The van der Waals surface area contributed by atoms with E-state index < -0.39 is 0 Å². The number of carbonyl (C=O) groups excluding carboxylic acids is 2. The van der Waals surface area contributed by atoms with Crippen LogP contribution in [-0.2, 0) is 9.59 Å². The third kappa shape index (κ3) is 5.97. The van der Waals surface area contributed by atoms with Crippen molar-refractivity contribution in [3.63, 3.8) is 0 Å². The zero-order valence-corrected chi connectivity index (χ0v) is 15.8. The molecule has 1 aliphatic carbocycles. The van der Waals surface area contributed by atoms with E-state index in [1.54, 1.807) is 30.3 Å². The first kappa shape index (κ1) is 19.2. The lowest BCUT2D eigenvalue weighted by Gasteiger charge is -2.20. The summed E-state index contributed by atoms with van der Waals surface area (Å²) < 4.78 is 0. The zero-order valence-electron chi connectivity index (χ0n) is 15.1. The molecule has 5 heteroatoms. The molecule has 27 heavy (non-hydrogen) atoms. The molecule has 1 saturated carbocycles. The van der Waals surface area contributed by atoms with Gasteiger partial charge < -0.3 is 10.6 Å². The van der Waals surface area contributed by atoms with Crippen LogP contribution >= 0.6 is 11.6 Å². The van der Waals surface area contributed by atoms with Crippen molar-refractivity contribution in [3.05, 3.63) is 65.2 Å². The molecule has 0 atom stereocenters. The number of anilines is 2. The summed E-state index contributed by atoms with van der Waals surface area (Å²) in [6.45, 7) is 0. The molecule has 1 aliphatic rings. The van der Waals surface area contributed by atoms with Gasteiger partial charge in [-0.2, -0.15) is 0 Å². The van der Waals surface area contributed by atoms with E-state index in [0.717, 1.165) is 31.2 Å². The Kier molecular flexibility index (Phi) is 6.66. The first-order valence-electron chi connectivity index (χ1n) is 9.26. The molecule has 0 heterocycles. The standard InChI is InChI=1S/C22H23ClN2O2/c23-18-12-9-16(10-13-18)11-14-21(26)24-19-7-4-8-20(15-19)25-22(27)17-5-2-1-3-6-17/h4,7-15,17H,1-3,5-6H2,(H,24,26)(H,25,27)/b14-11+. The summed E-state index contributed by atoms with van der Waals surface area (Å²) in [4.78, 5) is 24.5. The molecule has 2 aromatic carbocycles. The first-order chi connectivity index (χ1) is 13.1. The molecule has 0 spiro atoms. The lowest BCUT2D eigenvalue weighted by Crippen LogP contribution is -2.24. The van der Waals surface area contributed by atoms with Crippen LogP contribution in [-0.4, -0.2) is 11.8 Å². The molecule has 0 bridgehead atoms. The van der Waals surface area contributed by atoms with E-state index in [-0.39, 0.29) is 17.7 Å². The van der Waals surface area contributed by atoms with Gasteiger partial charge in [0.1, 0.15) is 0 Å². The van der Waals surface area contributed by atoms with Gasteiger partial charge in [0.15, 0.2) is 0 Å². The van der Waals surface area contributed by atoms with Crippen LogP contribution in [0, 0.1) is 5.92 Å². The Bertz CT molecular complexity index is 824. The van der Waals surface area contributed by atoms with Crippen LogP contribution < -0.4 is 10.6 Å². The highest BCUT2D eigenvalue weighted by Gasteiger charge is 2.21. The summed E-state index contributed by atoms with van der Waals surface area (Å²) in [6.07, 6.45) is 8.56. The van der Waals surface area contributed by atoms with Gasteiger partial charge in [-0.1, -0.05) is 49.1 Å². The molecule has 2 amide bonds. The average Bonchev–Trinajstić information content (AvgIpc) is 2.68. The highest BCUT2D eigenvalue weighted by molar-refractivity contribution is 6.30. The Morgan fingerprint density at radius 2 is 1.59 bits per heavy atom. The highest BCUT2D eigenvalue weighted by atomic mass is 35.5. The minimum absolute atomic E-state index is 0.0702. The first-order valence-corrected chi connectivity index (χ1v) is 9.63. The molecule has 140 valence electrons. The van der Waals surface area contributed by atoms with Gasteiger partial charge >= 0.3 is 0 Å². The molecule has 0 aromatic heterocycles. The number of rotatable bonds is 5. The minimum atomic E-state index is -0.235. The number of benzene rings is 2. The second-order valence-electron chi connectivity index (χ2n) is 6.78. The van der Waals surface area contributed by atoms with Crippen LogP contribution in [0.3, 0.4) is 0 Å². The van der Waals surface area contributed by atoms with Gasteiger partial charge in [-0.25, -0.2) is 0 Å². The number of halogens is 1. The highest BCUT2D eigenvalue weighted by Crippen LogP contribution is 2.25. The van der Waals surface area contributed by atoms with Crippen LogP contribution in [0.2, 0.25) is 5.02 Å². The molecular weight excluding hydrogens is 360 g/mol. The molecular formula is C22H23ClN2O2. The van der Waals surface area contributed by atoms with E-state index in [1.807, 2.05) is 24.3 Å². The van der Waals surface area contributed by atoms with Crippen LogP contribution in [0.15, 0.2) is 54.6 Å². The van der Waals surface area contributed by atoms with Gasteiger partial charge in [0.05, 0.1) is 0 Å². The minimum Gasteiger partial charge on any atom is -0.326 e. The van der Waals surface area contributed by atoms with Crippen molar-refractivity contribution in [1.82, 2.24) is 0 Å². The van der Waals surface area contributed by atoms with Crippen LogP contribution in [0.1, 0.15) is 37.7 Å². The molecule has 0 saturated heterocycles. The van der Waals surface area contributed by atoms with Crippen molar-refractivity contribution in [1.29, 1.82) is 0 Å². The molecule has 2 N–H and O–H groups in total. The van der Waals surface area contributed by atoms with Crippen molar-refractivity contribution in [3.8, 4) is 0 Å². The number of hydrogen-bond acceptors (Lipinski definition) is 2. The normalized spacial score (nSPS) is 14.9. The fourth-order valence-corrected chi connectivity index (χ4v) is 3.34. The average molecular weight is 383 g/mol. The molecule has 2 aromatic rings. The Morgan fingerprint density at radius 1 is 0.926 bits per heavy atom. The summed E-state index contributed by atoms with van der Waals surface area (Å²) in [5.41, 5.74) is 2.23. The topological polar surface area (TPSA) is 58.2 Å². The van der Waals surface area contributed by atoms with E-state index >= 15 is 0 Å². The summed E-state index contributed by atoms with van der Waals surface area (Å²) in [5, 5.41) is 6.44. The number of amides is 2. The second kappa shape index (κ2) is 9.38. The third-order valence-corrected chi connectivity index (χ3v) is 4.92. The fourth-order valence-electron chi connectivity index (χ4n) is 3.21. The number of nitrogens with one attached hydrogen (secondary N) is 2.